The van der Waals surface area contributed by atoms with Crippen LogP contribution in [0.25, 0.3) is 0 Å². The Labute approximate surface area is 113 Å². The van der Waals surface area contributed by atoms with E-state index in [1.165, 1.54) is 16.0 Å². The molecule has 1 aliphatic heterocycles. The first-order chi connectivity index (χ1) is 8.70. The molecule has 1 saturated heterocycles. The van der Waals surface area contributed by atoms with Crippen molar-refractivity contribution < 1.29 is 4.79 Å². The third kappa shape index (κ3) is 3.27. The zero-order valence-electron chi connectivity index (χ0n) is 11.0. The molecular formula is C14H20N2OS. The van der Waals surface area contributed by atoms with Crippen LogP contribution < -0.4 is 10.6 Å². The van der Waals surface area contributed by atoms with Crippen molar-refractivity contribution in [2.45, 2.75) is 37.2 Å². The molecule has 0 radical (unpaired) electrons. The highest BCUT2D eigenvalue weighted by atomic mass is 32.2. The predicted molar refractivity (Wildman–Crippen MR) is 75.8 cm³/mol. The van der Waals surface area contributed by atoms with E-state index in [2.05, 4.69) is 42.0 Å². The highest BCUT2D eigenvalue weighted by molar-refractivity contribution is 7.98. The van der Waals surface area contributed by atoms with Crippen LogP contribution in [0.3, 0.4) is 0 Å². The minimum Gasteiger partial charge on any atom is -0.351 e. The molecule has 3 nitrogen and oxygen atoms in total. The minimum atomic E-state index is 0.00757. The van der Waals surface area contributed by atoms with Gasteiger partial charge < -0.3 is 10.6 Å². The van der Waals surface area contributed by atoms with Crippen molar-refractivity contribution in [1.29, 1.82) is 0 Å². The first-order valence-corrected chi connectivity index (χ1v) is 7.58. The normalized spacial score (nSPS) is 18.9. The number of benzene rings is 1. The fourth-order valence-corrected chi connectivity index (χ4v) is 2.92. The van der Waals surface area contributed by atoms with Gasteiger partial charge in [-0.15, -0.1) is 11.8 Å². The highest BCUT2D eigenvalue weighted by Crippen LogP contribution is 2.21. The molecule has 0 aromatic heterocycles. The van der Waals surface area contributed by atoms with Gasteiger partial charge in [-0.3, -0.25) is 4.79 Å². The lowest BCUT2D eigenvalue weighted by Crippen LogP contribution is -2.40. The average molecular weight is 264 g/mol. The number of rotatable bonds is 4. The van der Waals surface area contributed by atoms with Crippen molar-refractivity contribution >= 4 is 17.7 Å². The number of hydrogen-bond acceptors (Lipinski definition) is 3. The second kappa shape index (κ2) is 6.25. The summed E-state index contributed by atoms with van der Waals surface area (Å²) in [7, 11) is 0. The standard InChI is InChI=1S/C14H20N2OS/c1-10-5-6-11(13(8-10)18-2)9-16-14(17)12-4-3-7-15-12/h5-6,8,12,15H,3-4,7,9H2,1-2H3,(H,16,17). The van der Waals surface area contributed by atoms with Crippen molar-refractivity contribution in [2.75, 3.05) is 12.8 Å². The number of nitrogens with one attached hydrogen (secondary N) is 2. The minimum absolute atomic E-state index is 0.00757. The second-order valence-corrected chi connectivity index (χ2v) is 5.53. The Kier molecular flexibility index (Phi) is 4.66. The lowest BCUT2D eigenvalue weighted by Gasteiger charge is -2.13. The number of carbonyl (C=O) groups excluding carboxylic acids is 1. The van der Waals surface area contributed by atoms with Crippen LogP contribution in [-0.4, -0.2) is 24.7 Å². The Morgan fingerprint density at radius 2 is 2.39 bits per heavy atom. The molecule has 1 aliphatic rings. The number of amides is 1. The lowest BCUT2D eigenvalue weighted by molar-refractivity contribution is -0.122. The summed E-state index contributed by atoms with van der Waals surface area (Å²) in [5.41, 5.74) is 2.45. The third-order valence-corrected chi connectivity index (χ3v) is 4.09. The SMILES string of the molecule is CSc1cc(C)ccc1CNC(=O)C1CCCN1. The summed E-state index contributed by atoms with van der Waals surface area (Å²) < 4.78 is 0. The third-order valence-electron chi connectivity index (χ3n) is 3.27. The van der Waals surface area contributed by atoms with Gasteiger partial charge in [0.25, 0.3) is 0 Å². The predicted octanol–water partition coefficient (Wildman–Crippen LogP) is 2.09. The Morgan fingerprint density at radius 3 is 3.06 bits per heavy atom. The molecule has 18 heavy (non-hydrogen) atoms. The van der Waals surface area contributed by atoms with Gasteiger partial charge in [-0.1, -0.05) is 12.1 Å². The van der Waals surface area contributed by atoms with Gasteiger partial charge in [0.1, 0.15) is 0 Å². The summed E-state index contributed by atoms with van der Waals surface area (Å²) in [5.74, 6) is 0.125. The summed E-state index contributed by atoms with van der Waals surface area (Å²) in [5, 5.41) is 6.23. The molecule has 0 spiro atoms. The number of aryl methyl sites for hydroxylation is 1. The van der Waals surface area contributed by atoms with E-state index >= 15 is 0 Å². The first-order valence-electron chi connectivity index (χ1n) is 6.35. The van der Waals surface area contributed by atoms with E-state index in [4.69, 9.17) is 0 Å². The van der Waals surface area contributed by atoms with E-state index in [0.717, 1.165) is 19.4 Å². The quantitative estimate of drug-likeness (QED) is 0.818. The van der Waals surface area contributed by atoms with E-state index in [9.17, 15) is 4.79 Å². The van der Waals surface area contributed by atoms with Gasteiger partial charge >= 0.3 is 0 Å². The van der Waals surface area contributed by atoms with Crippen molar-refractivity contribution in [3.63, 3.8) is 0 Å². The second-order valence-electron chi connectivity index (χ2n) is 4.68. The van der Waals surface area contributed by atoms with Crippen LogP contribution in [-0.2, 0) is 11.3 Å². The van der Waals surface area contributed by atoms with E-state index in [0.29, 0.717) is 6.54 Å². The van der Waals surface area contributed by atoms with Gasteiger partial charge in [-0.25, -0.2) is 0 Å². The molecule has 0 aliphatic carbocycles. The average Bonchev–Trinajstić information content (AvgIpc) is 2.90. The lowest BCUT2D eigenvalue weighted by atomic mass is 10.1. The van der Waals surface area contributed by atoms with Crippen LogP contribution in [0.2, 0.25) is 0 Å². The molecule has 98 valence electrons. The van der Waals surface area contributed by atoms with Gasteiger partial charge in [-0.05, 0) is 49.8 Å². The molecule has 1 unspecified atom stereocenters. The molecule has 1 aromatic rings. The van der Waals surface area contributed by atoms with Crippen LogP contribution in [0, 0.1) is 6.92 Å². The first kappa shape index (κ1) is 13.4. The number of hydrogen-bond donors (Lipinski definition) is 2. The zero-order chi connectivity index (χ0) is 13.0. The maximum Gasteiger partial charge on any atom is 0.237 e. The maximum absolute atomic E-state index is 11.9. The van der Waals surface area contributed by atoms with Crippen LogP contribution in [0.4, 0.5) is 0 Å². The molecule has 0 saturated carbocycles. The fourth-order valence-electron chi connectivity index (χ4n) is 2.21. The summed E-state index contributed by atoms with van der Waals surface area (Å²) in [6.07, 6.45) is 4.12. The molecule has 1 aromatic carbocycles. The Hall–Kier alpha value is -1.00. The summed E-state index contributed by atoms with van der Waals surface area (Å²) in [6, 6.07) is 6.37. The van der Waals surface area contributed by atoms with Crippen LogP contribution >= 0.6 is 11.8 Å². The molecule has 2 rings (SSSR count). The topological polar surface area (TPSA) is 41.1 Å². The van der Waals surface area contributed by atoms with Crippen molar-refractivity contribution in [3.8, 4) is 0 Å². The maximum atomic E-state index is 11.9. The summed E-state index contributed by atoms with van der Waals surface area (Å²) in [6.45, 7) is 3.66. The molecular weight excluding hydrogens is 244 g/mol. The molecule has 1 heterocycles. The molecule has 1 amide bonds. The Morgan fingerprint density at radius 1 is 1.56 bits per heavy atom. The molecule has 4 heteroatoms. The van der Waals surface area contributed by atoms with Crippen molar-refractivity contribution in [2.24, 2.45) is 0 Å². The van der Waals surface area contributed by atoms with E-state index in [1.54, 1.807) is 11.8 Å². The van der Waals surface area contributed by atoms with E-state index < -0.39 is 0 Å². The van der Waals surface area contributed by atoms with Gasteiger partial charge in [0.2, 0.25) is 5.91 Å². The van der Waals surface area contributed by atoms with Crippen LogP contribution in [0.1, 0.15) is 24.0 Å². The highest BCUT2D eigenvalue weighted by Gasteiger charge is 2.21. The zero-order valence-corrected chi connectivity index (χ0v) is 11.8. The van der Waals surface area contributed by atoms with Gasteiger partial charge in [0, 0.05) is 11.4 Å². The molecule has 1 atom stereocenters. The van der Waals surface area contributed by atoms with Gasteiger partial charge in [0.05, 0.1) is 6.04 Å². The van der Waals surface area contributed by atoms with Crippen molar-refractivity contribution in [1.82, 2.24) is 10.6 Å². The largest absolute Gasteiger partial charge is 0.351 e. The Balaban J connectivity index is 1.95. The van der Waals surface area contributed by atoms with Gasteiger partial charge in [-0.2, -0.15) is 0 Å². The van der Waals surface area contributed by atoms with E-state index in [1.807, 2.05) is 0 Å². The van der Waals surface area contributed by atoms with Gasteiger partial charge in [0.15, 0.2) is 0 Å². The van der Waals surface area contributed by atoms with Crippen LogP contribution in [0.5, 0.6) is 0 Å². The summed E-state index contributed by atoms with van der Waals surface area (Å²) in [4.78, 5) is 13.1. The molecule has 2 N–H and O–H groups in total. The Bertz CT molecular complexity index is 428. The van der Waals surface area contributed by atoms with E-state index in [-0.39, 0.29) is 11.9 Å². The fraction of sp³-hybridized carbons (Fsp3) is 0.500. The smallest absolute Gasteiger partial charge is 0.237 e. The number of carbonyl (C=O) groups is 1. The number of thioether (sulfide) groups is 1. The monoisotopic (exact) mass is 264 g/mol. The van der Waals surface area contributed by atoms with Crippen LogP contribution in [0.15, 0.2) is 23.1 Å². The molecule has 1 fully saturated rings. The summed E-state index contributed by atoms with van der Waals surface area (Å²) >= 11 is 1.73. The van der Waals surface area contributed by atoms with Crippen molar-refractivity contribution in [3.05, 3.63) is 29.3 Å². The molecule has 0 bridgehead atoms.